The predicted octanol–water partition coefficient (Wildman–Crippen LogP) is 2.78. The van der Waals surface area contributed by atoms with Gasteiger partial charge in [0.2, 0.25) is 0 Å². The Morgan fingerprint density at radius 3 is 2.64 bits per heavy atom. The molecule has 1 heterocycles. The molecule has 1 aromatic rings. The Bertz CT molecular complexity index is 485. The van der Waals surface area contributed by atoms with Gasteiger partial charge < -0.3 is 10.1 Å². The summed E-state index contributed by atoms with van der Waals surface area (Å²) in [6, 6.07) is -0.358. The smallest absolute Gasteiger partial charge is 0.343 e. The van der Waals surface area contributed by atoms with Gasteiger partial charge in [0.1, 0.15) is 5.56 Å². The van der Waals surface area contributed by atoms with Crippen molar-refractivity contribution in [1.82, 2.24) is 15.1 Å². The Kier molecular flexibility index (Phi) is 8.03. The van der Waals surface area contributed by atoms with E-state index in [1.807, 2.05) is 6.92 Å². The number of esters is 1. The van der Waals surface area contributed by atoms with Gasteiger partial charge in [-0.2, -0.15) is 5.10 Å². The molecule has 0 spiro atoms. The first-order chi connectivity index (χ1) is 10.6. The summed E-state index contributed by atoms with van der Waals surface area (Å²) in [6.07, 6.45) is 5.93. The van der Waals surface area contributed by atoms with Crippen LogP contribution in [0.15, 0.2) is 6.20 Å². The zero-order valence-electron chi connectivity index (χ0n) is 13.6. The highest BCUT2D eigenvalue weighted by Crippen LogP contribution is 2.14. The molecular formula is C15H26N4O3. The van der Waals surface area contributed by atoms with Crippen LogP contribution in [-0.2, 0) is 11.3 Å². The van der Waals surface area contributed by atoms with Crippen molar-refractivity contribution in [1.29, 1.82) is 0 Å². The lowest BCUT2D eigenvalue weighted by atomic mass is 10.2. The molecule has 0 aliphatic heterocycles. The summed E-state index contributed by atoms with van der Waals surface area (Å²) >= 11 is 0. The van der Waals surface area contributed by atoms with Gasteiger partial charge in [-0.25, -0.2) is 9.59 Å². The normalized spacial score (nSPS) is 10.3. The largest absolute Gasteiger partial charge is 0.462 e. The molecule has 0 bridgehead atoms. The average molecular weight is 310 g/mol. The van der Waals surface area contributed by atoms with Crippen molar-refractivity contribution >= 4 is 17.8 Å². The van der Waals surface area contributed by atoms with Crippen LogP contribution in [0.2, 0.25) is 0 Å². The zero-order chi connectivity index (χ0) is 16.4. The third-order valence-corrected chi connectivity index (χ3v) is 3.13. The van der Waals surface area contributed by atoms with Crippen LogP contribution in [0.3, 0.4) is 0 Å². The van der Waals surface area contributed by atoms with Crippen LogP contribution in [0.4, 0.5) is 10.6 Å². The summed E-state index contributed by atoms with van der Waals surface area (Å²) in [6.45, 7) is 7.26. The standard InChI is InChI=1S/C15H26N4O3/c1-4-7-8-9-10-16-15(21)17-13-12(14(20)22-6-3)11-19(5-2)18-13/h11H,4-10H2,1-3H3,(H2,16,17,18,21). The molecule has 0 unspecified atom stereocenters. The monoisotopic (exact) mass is 310 g/mol. The second kappa shape index (κ2) is 9.81. The summed E-state index contributed by atoms with van der Waals surface area (Å²) in [4.78, 5) is 23.7. The molecule has 7 heteroatoms. The molecule has 2 amide bonds. The van der Waals surface area contributed by atoms with E-state index in [0.717, 1.165) is 25.7 Å². The van der Waals surface area contributed by atoms with Crippen molar-refractivity contribution in [2.75, 3.05) is 18.5 Å². The third-order valence-electron chi connectivity index (χ3n) is 3.13. The highest BCUT2D eigenvalue weighted by atomic mass is 16.5. The van der Waals surface area contributed by atoms with E-state index in [2.05, 4.69) is 22.7 Å². The molecule has 7 nitrogen and oxygen atoms in total. The minimum Gasteiger partial charge on any atom is -0.462 e. The van der Waals surface area contributed by atoms with Gasteiger partial charge in [-0.1, -0.05) is 26.2 Å². The van der Waals surface area contributed by atoms with Gasteiger partial charge in [0.05, 0.1) is 6.61 Å². The molecule has 124 valence electrons. The quantitative estimate of drug-likeness (QED) is 0.542. The highest BCUT2D eigenvalue weighted by Gasteiger charge is 2.18. The van der Waals surface area contributed by atoms with Crippen molar-refractivity contribution in [2.24, 2.45) is 0 Å². The summed E-state index contributed by atoms with van der Waals surface area (Å²) in [5.41, 5.74) is 0.268. The van der Waals surface area contributed by atoms with Gasteiger partial charge in [0.15, 0.2) is 5.82 Å². The lowest BCUT2D eigenvalue weighted by Gasteiger charge is -2.07. The lowest BCUT2D eigenvalue weighted by molar-refractivity contribution is 0.0527. The van der Waals surface area contributed by atoms with Crippen LogP contribution in [0.1, 0.15) is 56.8 Å². The SMILES string of the molecule is CCCCCCNC(=O)Nc1nn(CC)cc1C(=O)OCC. The first-order valence-corrected chi connectivity index (χ1v) is 7.91. The zero-order valence-corrected chi connectivity index (χ0v) is 13.6. The van der Waals surface area contributed by atoms with Crippen LogP contribution in [0.5, 0.6) is 0 Å². The maximum atomic E-state index is 11.9. The van der Waals surface area contributed by atoms with Crippen LogP contribution >= 0.6 is 0 Å². The molecule has 0 fully saturated rings. The molecule has 1 aromatic heterocycles. The van der Waals surface area contributed by atoms with Gasteiger partial charge in [0.25, 0.3) is 0 Å². The third kappa shape index (κ3) is 5.75. The Morgan fingerprint density at radius 1 is 1.23 bits per heavy atom. The molecule has 0 radical (unpaired) electrons. The molecule has 0 atom stereocenters. The first kappa shape index (κ1) is 18.0. The molecular weight excluding hydrogens is 284 g/mol. The topological polar surface area (TPSA) is 85.3 Å². The van der Waals surface area contributed by atoms with E-state index in [9.17, 15) is 9.59 Å². The number of anilines is 1. The lowest BCUT2D eigenvalue weighted by Crippen LogP contribution is -2.30. The number of urea groups is 1. The number of aryl methyl sites for hydroxylation is 1. The number of unbranched alkanes of at least 4 members (excludes halogenated alkanes) is 3. The second-order valence-corrected chi connectivity index (χ2v) is 4.91. The maximum absolute atomic E-state index is 11.9. The van der Waals surface area contributed by atoms with E-state index in [0.29, 0.717) is 13.1 Å². The van der Waals surface area contributed by atoms with Gasteiger partial charge in [-0.15, -0.1) is 0 Å². The molecule has 0 aromatic carbocycles. The number of amides is 2. The van der Waals surface area contributed by atoms with Crippen LogP contribution in [-0.4, -0.2) is 34.9 Å². The number of nitrogens with one attached hydrogen (secondary N) is 2. The number of hydrogen-bond donors (Lipinski definition) is 2. The number of carbonyl (C=O) groups is 2. The molecule has 1 rings (SSSR count). The van der Waals surface area contributed by atoms with E-state index in [-0.39, 0.29) is 24.0 Å². The number of aromatic nitrogens is 2. The Balaban J connectivity index is 2.57. The second-order valence-electron chi connectivity index (χ2n) is 4.91. The maximum Gasteiger partial charge on any atom is 0.343 e. The fraction of sp³-hybridized carbons (Fsp3) is 0.667. The van der Waals surface area contributed by atoms with E-state index in [1.54, 1.807) is 17.8 Å². The van der Waals surface area contributed by atoms with Crippen molar-refractivity contribution in [2.45, 2.75) is 53.0 Å². The van der Waals surface area contributed by atoms with Crippen LogP contribution in [0.25, 0.3) is 0 Å². The molecule has 2 N–H and O–H groups in total. The summed E-state index contributed by atoms with van der Waals surface area (Å²) in [5, 5.41) is 9.55. The van der Waals surface area contributed by atoms with Gasteiger partial charge >= 0.3 is 12.0 Å². The van der Waals surface area contributed by atoms with Crippen LogP contribution < -0.4 is 10.6 Å². The Hall–Kier alpha value is -2.05. The van der Waals surface area contributed by atoms with E-state index >= 15 is 0 Å². The summed E-state index contributed by atoms with van der Waals surface area (Å²) in [7, 11) is 0. The average Bonchev–Trinajstić information content (AvgIpc) is 2.90. The minimum absolute atomic E-state index is 0.228. The number of hydrogen-bond acceptors (Lipinski definition) is 4. The summed E-state index contributed by atoms with van der Waals surface area (Å²) < 4.78 is 6.56. The van der Waals surface area contributed by atoms with Gasteiger partial charge in [0, 0.05) is 19.3 Å². The van der Waals surface area contributed by atoms with E-state index in [1.165, 1.54) is 0 Å². The van der Waals surface area contributed by atoms with Crippen molar-refractivity contribution in [3.8, 4) is 0 Å². The predicted molar refractivity (Wildman–Crippen MR) is 85.0 cm³/mol. The molecule has 0 aliphatic carbocycles. The number of carbonyl (C=O) groups excluding carboxylic acids is 2. The van der Waals surface area contributed by atoms with Crippen molar-refractivity contribution in [3.63, 3.8) is 0 Å². The molecule has 0 saturated carbocycles. The highest BCUT2D eigenvalue weighted by molar-refractivity contribution is 5.99. The van der Waals surface area contributed by atoms with E-state index < -0.39 is 5.97 Å². The number of ether oxygens (including phenoxy) is 1. The van der Waals surface area contributed by atoms with Crippen LogP contribution in [0, 0.1) is 0 Å². The number of rotatable bonds is 9. The van der Waals surface area contributed by atoms with Crippen molar-refractivity contribution < 1.29 is 14.3 Å². The van der Waals surface area contributed by atoms with Gasteiger partial charge in [-0.05, 0) is 20.3 Å². The fourth-order valence-electron chi connectivity index (χ4n) is 1.94. The molecule has 0 saturated heterocycles. The Labute approximate surface area is 131 Å². The number of nitrogens with zero attached hydrogens (tertiary/aromatic N) is 2. The minimum atomic E-state index is -0.486. The van der Waals surface area contributed by atoms with Gasteiger partial charge in [-0.3, -0.25) is 10.00 Å². The fourth-order valence-corrected chi connectivity index (χ4v) is 1.94. The summed E-state index contributed by atoms with van der Waals surface area (Å²) in [5.74, 6) is -0.258. The first-order valence-electron chi connectivity index (χ1n) is 7.91. The Morgan fingerprint density at radius 2 is 2.00 bits per heavy atom. The van der Waals surface area contributed by atoms with Crippen molar-refractivity contribution in [3.05, 3.63) is 11.8 Å². The molecule has 0 aliphatic rings. The molecule has 22 heavy (non-hydrogen) atoms. The van der Waals surface area contributed by atoms with E-state index in [4.69, 9.17) is 4.74 Å².